The average molecular weight is 352 g/mol. The molecule has 1 aromatic heterocycles. The summed E-state index contributed by atoms with van der Waals surface area (Å²) in [6.45, 7) is 5.85. The molecule has 2 aromatic carbocycles. The second kappa shape index (κ2) is 6.94. The van der Waals surface area contributed by atoms with Gasteiger partial charge in [0.2, 0.25) is 0 Å². The van der Waals surface area contributed by atoms with Crippen LogP contribution in [0.3, 0.4) is 0 Å². The van der Waals surface area contributed by atoms with E-state index >= 15 is 0 Å². The maximum Gasteiger partial charge on any atom is 0.336 e. The summed E-state index contributed by atoms with van der Waals surface area (Å²) in [5.41, 5.74) is 3.32. The van der Waals surface area contributed by atoms with Crippen molar-refractivity contribution < 1.29 is 19.2 Å². The number of benzene rings is 2. The Bertz CT molecular complexity index is 988. The van der Waals surface area contributed by atoms with Crippen LogP contribution in [0.25, 0.3) is 22.1 Å². The largest absolute Gasteiger partial charge is 0.507 e. The zero-order valence-corrected chi connectivity index (χ0v) is 14.7. The van der Waals surface area contributed by atoms with Crippen molar-refractivity contribution in [1.29, 1.82) is 0 Å². The van der Waals surface area contributed by atoms with E-state index in [0.717, 1.165) is 54.9 Å². The molecule has 26 heavy (non-hydrogen) atoms. The van der Waals surface area contributed by atoms with Crippen LogP contribution in [0.2, 0.25) is 0 Å². The number of fused-ring (bicyclic) bond motifs is 1. The van der Waals surface area contributed by atoms with E-state index in [-0.39, 0.29) is 5.75 Å². The topological polar surface area (TPSA) is 64.1 Å². The molecule has 0 saturated carbocycles. The molecule has 0 atom stereocenters. The maximum atomic E-state index is 12.1. The van der Waals surface area contributed by atoms with Gasteiger partial charge in [0.05, 0.1) is 13.2 Å². The quantitative estimate of drug-likeness (QED) is 0.707. The highest BCUT2D eigenvalue weighted by Gasteiger charge is 2.20. The number of phenols is 1. The normalized spacial score (nSPS) is 15.4. The monoisotopic (exact) mass is 352 g/mol. The lowest BCUT2D eigenvalue weighted by Crippen LogP contribution is -3.12. The van der Waals surface area contributed by atoms with Crippen LogP contribution in [0.5, 0.6) is 5.75 Å². The van der Waals surface area contributed by atoms with E-state index in [1.54, 1.807) is 6.92 Å². The number of nitrogens with one attached hydrogen (secondary N) is 1. The molecule has 1 aliphatic rings. The van der Waals surface area contributed by atoms with Crippen molar-refractivity contribution in [2.75, 3.05) is 26.3 Å². The van der Waals surface area contributed by atoms with Crippen LogP contribution in [-0.2, 0) is 11.3 Å². The fourth-order valence-electron chi connectivity index (χ4n) is 3.61. The molecule has 0 unspecified atom stereocenters. The van der Waals surface area contributed by atoms with Gasteiger partial charge in [0.15, 0.2) is 0 Å². The van der Waals surface area contributed by atoms with E-state index in [1.165, 1.54) is 11.0 Å². The first-order valence-corrected chi connectivity index (χ1v) is 8.89. The molecule has 0 amide bonds. The van der Waals surface area contributed by atoms with Gasteiger partial charge in [0.1, 0.15) is 31.0 Å². The van der Waals surface area contributed by atoms with Gasteiger partial charge in [-0.25, -0.2) is 4.79 Å². The first kappa shape index (κ1) is 16.8. The highest BCUT2D eigenvalue weighted by molar-refractivity contribution is 5.96. The molecule has 0 bridgehead atoms. The molecule has 2 N–H and O–H groups in total. The highest BCUT2D eigenvalue weighted by atomic mass is 16.5. The Morgan fingerprint density at radius 3 is 2.58 bits per heavy atom. The first-order valence-electron chi connectivity index (χ1n) is 8.89. The molecule has 5 heteroatoms. The van der Waals surface area contributed by atoms with E-state index in [1.807, 2.05) is 36.4 Å². The average Bonchev–Trinajstić information content (AvgIpc) is 2.67. The summed E-state index contributed by atoms with van der Waals surface area (Å²) in [6.07, 6.45) is 0. The SMILES string of the molecule is Cc1c(O)c(C[NH+]2CCOCC2)cc2c(-c3ccccc3)cc(=O)oc12. The van der Waals surface area contributed by atoms with Crippen molar-refractivity contribution >= 4 is 11.0 Å². The minimum absolute atomic E-state index is 0.213. The van der Waals surface area contributed by atoms with Crippen LogP contribution in [0.4, 0.5) is 0 Å². The van der Waals surface area contributed by atoms with Crippen LogP contribution < -0.4 is 10.5 Å². The van der Waals surface area contributed by atoms with Gasteiger partial charge in [-0.3, -0.25) is 0 Å². The van der Waals surface area contributed by atoms with Gasteiger partial charge in [-0.15, -0.1) is 0 Å². The second-order valence-corrected chi connectivity index (χ2v) is 6.77. The number of aryl methyl sites for hydroxylation is 1. The Balaban J connectivity index is 1.88. The molecule has 2 heterocycles. The van der Waals surface area contributed by atoms with Crippen molar-refractivity contribution in [2.24, 2.45) is 0 Å². The Labute approximate surface area is 151 Å². The fraction of sp³-hybridized carbons (Fsp3) is 0.286. The second-order valence-electron chi connectivity index (χ2n) is 6.77. The Kier molecular flexibility index (Phi) is 4.49. The molecule has 1 fully saturated rings. The summed E-state index contributed by atoms with van der Waals surface area (Å²) in [5.74, 6) is 0.213. The summed E-state index contributed by atoms with van der Waals surface area (Å²) in [6, 6.07) is 13.3. The van der Waals surface area contributed by atoms with E-state index in [9.17, 15) is 9.90 Å². The van der Waals surface area contributed by atoms with Crippen molar-refractivity contribution in [3.8, 4) is 16.9 Å². The van der Waals surface area contributed by atoms with Crippen molar-refractivity contribution in [2.45, 2.75) is 13.5 Å². The minimum Gasteiger partial charge on any atom is -0.507 e. The molecule has 134 valence electrons. The Hall–Kier alpha value is -2.63. The standard InChI is InChI=1S/C21H21NO4/c1-14-20(24)16(13-22-7-9-25-10-8-22)11-18-17(12-19(23)26-21(14)18)15-5-3-2-4-6-15/h2-6,11-12,24H,7-10,13H2,1H3/p+1. The number of aromatic hydroxyl groups is 1. The van der Waals surface area contributed by atoms with Gasteiger partial charge in [-0.2, -0.15) is 0 Å². The number of quaternary nitrogens is 1. The van der Waals surface area contributed by atoms with E-state index in [0.29, 0.717) is 11.1 Å². The van der Waals surface area contributed by atoms with Gasteiger partial charge in [-0.1, -0.05) is 30.3 Å². The molecule has 0 radical (unpaired) electrons. The lowest BCUT2D eigenvalue weighted by atomic mass is 9.97. The number of hydrogen-bond acceptors (Lipinski definition) is 4. The summed E-state index contributed by atoms with van der Waals surface area (Å²) in [5, 5.41) is 11.5. The van der Waals surface area contributed by atoms with Crippen LogP contribution in [0, 0.1) is 6.92 Å². The molecule has 4 rings (SSSR count). The fourth-order valence-corrected chi connectivity index (χ4v) is 3.61. The Morgan fingerprint density at radius 2 is 1.85 bits per heavy atom. The van der Waals surface area contributed by atoms with Gasteiger partial charge < -0.3 is 19.2 Å². The number of rotatable bonds is 3. The summed E-state index contributed by atoms with van der Waals surface area (Å²) >= 11 is 0. The molecule has 5 nitrogen and oxygen atoms in total. The lowest BCUT2D eigenvalue weighted by Gasteiger charge is -2.24. The number of ether oxygens (including phenoxy) is 1. The molecule has 0 aliphatic carbocycles. The number of morpholine rings is 1. The van der Waals surface area contributed by atoms with E-state index in [2.05, 4.69) is 0 Å². The van der Waals surface area contributed by atoms with Crippen molar-refractivity contribution in [3.05, 3.63) is 64.0 Å². The summed E-state index contributed by atoms with van der Waals surface area (Å²) in [4.78, 5) is 13.5. The third-order valence-electron chi connectivity index (χ3n) is 5.04. The van der Waals surface area contributed by atoms with Crippen molar-refractivity contribution in [3.63, 3.8) is 0 Å². The maximum absolute atomic E-state index is 12.1. The smallest absolute Gasteiger partial charge is 0.336 e. The first-order chi connectivity index (χ1) is 12.6. The molecule has 3 aromatic rings. The van der Waals surface area contributed by atoms with Gasteiger partial charge in [0.25, 0.3) is 0 Å². The van der Waals surface area contributed by atoms with Crippen LogP contribution >= 0.6 is 0 Å². The predicted octanol–water partition coefficient (Wildman–Crippen LogP) is 1.89. The van der Waals surface area contributed by atoms with Crippen LogP contribution in [-0.4, -0.2) is 31.4 Å². The third kappa shape index (κ3) is 3.11. The van der Waals surface area contributed by atoms with Crippen LogP contribution in [0.1, 0.15) is 11.1 Å². The zero-order chi connectivity index (χ0) is 18.1. The van der Waals surface area contributed by atoms with Gasteiger partial charge in [0, 0.05) is 22.6 Å². The van der Waals surface area contributed by atoms with Crippen LogP contribution in [0.15, 0.2) is 51.7 Å². The van der Waals surface area contributed by atoms with Crippen molar-refractivity contribution in [1.82, 2.24) is 0 Å². The molecule has 1 saturated heterocycles. The number of hydrogen-bond donors (Lipinski definition) is 2. The zero-order valence-electron chi connectivity index (χ0n) is 14.7. The van der Waals surface area contributed by atoms with Gasteiger partial charge in [-0.05, 0) is 24.1 Å². The number of phenolic OH excluding ortho intramolecular Hbond substituents is 1. The van der Waals surface area contributed by atoms with E-state index in [4.69, 9.17) is 9.15 Å². The molecule has 1 aliphatic heterocycles. The molecule has 0 spiro atoms. The Morgan fingerprint density at radius 1 is 1.12 bits per heavy atom. The summed E-state index contributed by atoms with van der Waals surface area (Å²) in [7, 11) is 0. The minimum atomic E-state index is -0.412. The lowest BCUT2D eigenvalue weighted by molar-refractivity contribution is -0.921. The highest BCUT2D eigenvalue weighted by Crippen LogP contribution is 2.35. The van der Waals surface area contributed by atoms with Gasteiger partial charge >= 0.3 is 5.63 Å². The summed E-state index contributed by atoms with van der Waals surface area (Å²) < 4.78 is 10.9. The molecular weight excluding hydrogens is 330 g/mol. The van der Waals surface area contributed by atoms with E-state index < -0.39 is 5.63 Å². The third-order valence-corrected chi connectivity index (χ3v) is 5.04. The molecular formula is C21H22NO4+. The predicted molar refractivity (Wildman–Crippen MR) is 99.5 cm³/mol.